The number of fused-ring (bicyclic) bond motifs is 1. The maximum Gasteiger partial charge on any atom is 0.232 e. The molecular formula is C22H33ClN6O3S. The second kappa shape index (κ2) is 11.3. The standard InChI is InChI=1S/C22H33ClN6O3S/c1-18(2)26-9-5-11-29(33(3,31)32)21-14-20(23)8-7-19(21)15-27(13-12-26)22(30)6-4-10-28-17-24-16-25-28/h7-8,14,16-18H,4-6,9-13,15H2,1-3H3. The Balaban J connectivity index is 1.87. The van der Waals surface area contributed by atoms with Crippen molar-refractivity contribution < 1.29 is 13.2 Å². The van der Waals surface area contributed by atoms with Crippen LogP contribution in [0.5, 0.6) is 0 Å². The van der Waals surface area contributed by atoms with Crippen molar-refractivity contribution in [1.82, 2.24) is 24.6 Å². The molecule has 3 rings (SSSR count). The Bertz CT molecular complexity index is 1030. The smallest absolute Gasteiger partial charge is 0.232 e. The molecule has 0 bridgehead atoms. The fraction of sp³-hybridized carbons (Fsp3) is 0.591. The van der Waals surface area contributed by atoms with Crippen molar-refractivity contribution in [1.29, 1.82) is 0 Å². The molecular weight excluding hydrogens is 464 g/mol. The zero-order valence-electron chi connectivity index (χ0n) is 19.5. The summed E-state index contributed by atoms with van der Waals surface area (Å²) in [5.41, 5.74) is 1.32. The van der Waals surface area contributed by atoms with E-state index in [9.17, 15) is 13.2 Å². The second-order valence-electron chi connectivity index (χ2n) is 8.67. The van der Waals surface area contributed by atoms with Gasteiger partial charge in [0.15, 0.2) is 0 Å². The number of carbonyl (C=O) groups excluding carboxylic acids is 1. The van der Waals surface area contributed by atoms with Crippen molar-refractivity contribution in [3.63, 3.8) is 0 Å². The van der Waals surface area contributed by atoms with Crippen LogP contribution in [0.1, 0.15) is 38.7 Å². The average Bonchev–Trinajstić information content (AvgIpc) is 3.24. The van der Waals surface area contributed by atoms with Gasteiger partial charge in [-0.1, -0.05) is 17.7 Å². The van der Waals surface area contributed by atoms with Crippen LogP contribution in [0.15, 0.2) is 30.9 Å². The van der Waals surface area contributed by atoms with Crippen molar-refractivity contribution in [3.8, 4) is 0 Å². The number of sulfonamides is 1. The summed E-state index contributed by atoms with van der Waals surface area (Å²) in [6.07, 6.45) is 6.03. The van der Waals surface area contributed by atoms with Gasteiger partial charge in [0.25, 0.3) is 0 Å². The highest BCUT2D eigenvalue weighted by Crippen LogP contribution is 2.29. The molecule has 1 aliphatic heterocycles. The summed E-state index contributed by atoms with van der Waals surface area (Å²) >= 11 is 6.25. The number of aryl methyl sites for hydroxylation is 1. The monoisotopic (exact) mass is 496 g/mol. The predicted molar refractivity (Wildman–Crippen MR) is 130 cm³/mol. The minimum atomic E-state index is -3.51. The molecule has 182 valence electrons. The van der Waals surface area contributed by atoms with Gasteiger partial charge < -0.3 is 4.90 Å². The highest BCUT2D eigenvalue weighted by molar-refractivity contribution is 7.92. The lowest BCUT2D eigenvalue weighted by Gasteiger charge is -2.30. The molecule has 0 saturated heterocycles. The van der Waals surface area contributed by atoms with Crippen LogP contribution in [0.4, 0.5) is 5.69 Å². The van der Waals surface area contributed by atoms with Gasteiger partial charge in [0.05, 0.1) is 11.9 Å². The van der Waals surface area contributed by atoms with Crippen molar-refractivity contribution >= 4 is 33.2 Å². The Morgan fingerprint density at radius 2 is 1.97 bits per heavy atom. The summed E-state index contributed by atoms with van der Waals surface area (Å²) in [6, 6.07) is 5.54. The molecule has 0 atom stereocenters. The first-order valence-corrected chi connectivity index (χ1v) is 13.5. The third-order valence-corrected chi connectivity index (χ3v) is 7.28. The van der Waals surface area contributed by atoms with Gasteiger partial charge in [0.1, 0.15) is 12.7 Å². The van der Waals surface area contributed by atoms with E-state index in [1.165, 1.54) is 16.9 Å². The number of aromatic nitrogens is 3. The van der Waals surface area contributed by atoms with E-state index in [2.05, 4.69) is 28.8 Å². The van der Waals surface area contributed by atoms with Crippen LogP contribution >= 0.6 is 11.6 Å². The molecule has 0 radical (unpaired) electrons. The first-order valence-electron chi connectivity index (χ1n) is 11.3. The Labute approximate surface area is 201 Å². The molecule has 2 aromatic rings. The van der Waals surface area contributed by atoms with Crippen molar-refractivity contribution in [2.45, 2.75) is 52.2 Å². The van der Waals surface area contributed by atoms with Crippen LogP contribution in [-0.4, -0.2) is 77.4 Å². The van der Waals surface area contributed by atoms with Gasteiger partial charge in [0.2, 0.25) is 15.9 Å². The van der Waals surface area contributed by atoms with Gasteiger partial charge in [0, 0.05) is 56.8 Å². The van der Waals surface area contributed by atoms with Crippen LogP contribution in [-0.2, 0) is 27.9 Å². The van der Waals surface area contributed by atoms with Crippen LogP contribution in [0.25, 0.3) is 0 Å². The molecule has 1 aromatic heterocycles. The lowest BCUT2D eigenvalue weighted by molar-refractivity contribution is -0.132. The zero-order chi connectivity index (χ0) is 24.0. The highest BCUT2D eigenvalue weighted by atomic mass is 35.5. The maximum atomic E-state index is 13.2. The van der Waals surface area contributed by atoms with E-state index in [0.717, 1.165) is 18.7 Å². The largest absolute Gasteiger partial charge is 0.337 e. The number of benzene rings is 1. The van der Waals surface area contributed by atoms with E-state index in [0.29, 0.717) is 62.2 Å². The van der Waals surface area contributed by atoms with Gasteiger partial charge in [-0.2, -0.15) is 5.10 Å². The number of anilines is 1. The summed E-state index contributed by atoms with van der Waals surface area (Å²) in [7, 11) is -3.51. The SMILES string of the molecule is CC(C)N1CCCN(S(C)(=O)=O)c2cc(Cl)ccc2CN(C(=O)CCCn2cncn2)CC1. The number of halogens is 1. The number of hydrogen-bond acceptors (Lipinski definition) is 6. The Hall–Kier alpha value is -2.17. The molecule has 0 spiro atoms. The summed E-state index contributed by atoms with van der Waals surface area (Å²) in [5.74, 6) is 0.0323. The summed E-state index contributed by atoms with van der Waals surface area (Å²) in [5, 5.41) is 4.55. The molecule has 0 unspecified atom stereocenters. The molecule has 0 fully saturated rings. The Morgan fingerprint density at radius 1 is 1.18 bits per heavy atom. The number of carbonyl (C=O) groups is 1. The average molecular weight is 497 g/mol. The molecule has 33 heavy (non-hydrogen) atoms. The molecule has 9 nitrogen and oxygen atoms in total. The first kappa shape index (κ1) is 25.5. The molecule has 0 aliphatic carbocycles. The molecule has 1 amide bonds. The van der Waals surface area contributed by atoms with E-state index < -0.39 is 10.0 Å². The number of rotatable bonds is 6. The normalized spacial score (nSPS) is 16.5. The van der Waals surface area contributed by atoms with Crippen molar-refractivity contribution in [3.05, 3.63) is 41.4 Å². The van der Waals surface area contributed by atoms with E-state index in [-0.39, 0.29) is 5.91 Å². The van der Waals surface area contributed by atoms with Crippen LogP contribution in [0, 0.1) is 0 Å². The third-order valence-electron chi connectivity index (χ3n) is 5.87. The molecule has 1 aromatic carbocycles. The van der Waals surface area contributed by atoms with E-state index >= 15 is 0 Å². The lowest BCUT2D eigenvalue weighted by atomic mass is 10.1. The number of hydrogen-bond donors (Lipinski definition) is 0. The number of amides is 1. The molecule has 2 heterocycles. The Morgan fingerprint density at radius 3 is 2.64 bits per heavy atom. The highest BCUT2D eigenvalue weighted by Gasteiger charge is 2.25. The quantitative estimate of drug-likeness (QED) is 0.610. The first-order chi connectivity index (χ1) is 15.6. The van der Waals surface area contributed by atoms with Gasteiger partial charge >= 0.3 is 0 Å². The van der Waals surface area contributed by atoms with Gasteiger partial charge in [-0.15, -0.1) is 0 Å². The number of nitrogens with zero attached hydrogens (tertiary/aromatic N) is 6. The second-order valence-corrected chi connectivity index (χ2v) is 11.0. The van der Waals surface area contributed by atoms with E-state index in [4.69, 9.17) is 11.6 Å². The molecule has 0 saturated carbocycles. The fourth-order valence-electron chi connectivity index (χ4n) is 4.06. The van der Waals surface area contributed by atoms with Gasteiger partial charge in [-0.25, -0.2) is 13.4 Å². The van der Waals surface area contributed by atoms with E-state index in [1.54, 1.807) is 23.1 Å². The Kier molecular flexibility index (Phi) is 8.72. The lowest BCUT2D eigenvalue weighted by Crippen LogP contribution is -2.41. The van der Waals surface area contributed by atoms with Gasteiger partial charge in [-0.3, -0.25) is 18.7 Å². The molecule has 11 heteroatoms. The zero-order valence-corrected chi connectivity index (χ0v) is 21.1. The maximum absolute atomic E-state index is 13.2. The van der Waals surface area contributed by atoms with E-state index in [1.807, 2.05) is 11.0 Å². The summed E-state index contributed by atoms with van der Waals surface area (Å²) in [4.78, 5) is 21.3. The summed E-state index contributed by atoms with van der Waals surface area (Å²) < 4.78 is 28.5. The van der Waals surface area contributed by atoms with Crippen LogP contribution in [0.3, 0.4) is 0 Å². The predicted octanol–water partition coefficient (Wildman–Crippen LogP) is 2.62. The van der Waals surface area contributed by atoms with Gasteiger partial charge in [-0.05, 0) is 44.4 Å². The van der Waals surface area contributed by atoms with Crippen LogP contribution < -0.4 is 4.31 Å². The van der Waals surface area contributed by atoms with Crippen molar-refractivity contribution in [2.24, 2.45) is 0 Å². The minimum Gasteiger partial charge on any atom is -0.337 e. The minimum absolute atomic E-state index is 0.0323. The van der Waals surface area contributed by atoms with Crippen molar-refractivity contribution in [2.75, 3.05) is 36.7 Å². The molecule has 0 N–H and O–H groups in total. The topological polar surface area (TPSA) is 91.6 Å². The third kappa shape index (κ3) is 7.15. The fourth-order valence-corrected chi connectivity index (χ4v) is 5.21. The van der Waals surface area contributed by atoms with Crippen LogP contribution in [0.2, 0.25) is 5.02 Å². The molecule has 1 aliphatic rings. The summed E-state index contributed by atoms with van der Waals surface area (Å²) in [6.45, 7) is 7.59.